The molecule has 1 heterocycles. The minimum absolute atomic E-state index is 0.496. The number of halogens is 1. The summed E-state index contributed by atoms with van der Waals surface area (Å²) in [5.41, 5.74) is 5.19. The van der Waals surface area contributed by atoms with Gasteiger partial charge in [-0.15, -0.1) is 0 Å². The molecule has 5 nitrogen and oxygen atoms in total. The maximum atomic E-state index is 12.7. The Balaban J connectivity index is 1.42. The number of hydrogen-bond donors (Lipinski definition) is 1. The fraction of sp³-hybridized carbons (Fsp3) is 0.160. The van der Waals surface area contributed by atoms with Crippen LogP contribution in [0, 0.1) is 13.8 Å². The molecule has 7 heteroatoms. The van der Waals surface area contributed by atoms with Gasteiger partial charge in [0.2, 0.25) is 0 Å². The van der Waals surface area contributed by atoms with Crippen LogP contribution in [0.2, 0.25) is 5.02 Å². The Morgan fingerprint density at radius 2 is 1.81 bits per heavy atom. The quantitative estimate of drug-likeness (QED) is 0.333. The first-order chi connectivity index (χ1) is 15.4. The molecular formula is C25H24ClN3O2S. The van der Waals surface area contributed by atoms with E-state index in [-0.39, 0.29) is 0 Å². The van der Waals surface area contributed by atoms with Crippen LogP contribution in [-0.4, -0.2) is 14.0 Å². The van der Waals surface area contributed by atoms with Crippen molar-refractivity contribution >= 4 is 28.3 Å². The van der Waals surface area contributed by atoms with Gasteiger partial charge in [-0.1, -0.05) is 42.3 Å². The average molecular weight is 466 g/mol. The molecule has 164 valence electrons. The largest absolute Gasteiger partial charge is 0.454 e. The summed E-state index contributed by atoms with van der Waals surface area (Å²) in [6, 6.07) is 19.1. The maximum absolute atomic E-state index is 12.7. The van der Waals surface area contributed by atoms with Crippen LogP contribution in [0.4, 0.5) is 5.69 Å². The van der Waals surface area contributed by atoms with Gasteiger partial charge in [-0.25, -0.2) is 8.89 Å². The van der Waals surface area contributed by atoms with Gasteiger partial charge < -0.3 is 9.46 Å². The van der Waals surface area contributed by atoms with Crippen LogP contribution in [0.25, 0.3) is 5.69 Å². The number of aromatic nitrogens is 2. The summed E-state index contributed by atoms with van der Waals surface area (Å²) < 4.78 is 23.4. The number of benzene rings is 3. The van der Waals surface area contributed by atoms with Crippen molar-refractivity contribution < 1.29 is 8.95 Å². The van der Waals surface area contributed by atoms with Crippen molar-refractivity contribution in [3.05, 3.63) is 94.8 Å². The van der Waals surface area contributed by atoms with E-state index in [4.69, 9.17) is 16.3 Å². The predicted molar refractivity (Wildman–Crippen MR) is 130 cm³/mol. The SMILES string of the molecule is CCc1ccc(S(=O)Nc2ccc(Oc3cnn(-c4ccc(C)cc4C)c3)cc2)c(Cl)c1. The average Bonchev–Trinajstić information content (AvgIpc) is 3.23. The van der Waals surface area contributed by atoms with Gasteiger partial charge in [-0.3, -0.25) is 0 Å². The summed E-state index contributed by atoms with van der Waals surface area (Å²) in [5, 5.41) is 4.91. The monoisotopic (exact) mass is 465 g/mol. The molecule has 0 saturated heterocycles. The van der Waals surface area contributed by atoms with Crippen molar-refractivity contribution in [1.82, 2.24) is 9.78 Å². The zero-order valence-corrected chi connectivity index (χ0v) is 19.7. The molecule has 0 spiro atoms. The number of hydrogen-bond acceptors (Lipinski definition) is 3. The highest BCUT2D eigenvalue weighted by molar-refractivity contribution is 7.86. The second-order valence-electron chi connectivity index (χ2n) is 7.53. The second kappa shape index (κ2) is 9.59. The fourth-order valence-electron chi connectivity index (χ4n) is 3.36. The molecule has 0 saturated carbocycles. The van der Waals surface area contributed by atoms with E-state index in [1.165, 1.54) is 5.56 Å². The Bertz CT molecular complexity index is 1270. The van der Waals surface area contributed by atoms with Crippen LogP contribution < -0.4 is 9.46 Å². The molecule has 1 aromatic heterocycles. The third-order valence-electron chi connectivity index (χ3n) is 5.06. The standard InChI is InChI=1S/C25H24ClN3O2S/c1-4-19-6-12-25(23(26)14-19)32(30)28-20-7-9-21(10-8-20)31-22-15-27-29(16-22)24-11-5-17(2)13-18(24)3/h5-16,28H,4H2,1-3H3. The number of rotatable bonds is 7. The lowest BCUT2D eigenvalue weighted by molar-refractivity contribution is 0.482. The van der Waals surface area contributed by atoms with Crippen molar-refractivity contribution in [3.8, 4) is 17.2 Å². The van der Waals surface area contributed by atoms with Gasteiger partial charge in [0.15, 0.2) is 16.7 Å². The van der Waals surface area contributed by atoms with E-state index >= 15 is 0 Å². The first kappa shape index (κ1) is 22.1. The van der Waals surface area contributed by atoms with Gasteiger partial charge in [-0.05, 0) is 73.9 Å². The molecule has 0 bridgehead atoms. The molecule has 1 atom stereocenters. The van der Waals surface area contributed by atoms with Gasteiger partial charge >= 0.3 is 0 Å². The smallest absolute Gasteiger partial charge is 0.165 e. The van der Waals surface area contributed by atoms with E-state index in [0.29, 0.717) is 27.1 Å². The lowest BCUT2D eigenvalue weighted by atomic mass is 10.1. The van der Waals surface area contributed by atoms with Crippen LogP contribution in [0.15, 0.2) is 78.0 Å². The fourth-order valence-corrected chi connectivity index (χ4v) is 4.66. The molecule has 0 aliphatic rings. The highest BCUT2D eigenvalue weighted by Crippen LogP contribution is 2.26. The lowest BCUT2D eigenvalue weighted by Crippen LogP contribution is -2.05. The Labute approximate surface area is 195 Å². The van der Waals surface area contributed by atoms with Gasteiger partial charge in [0.25, 0.3) is 0 Å². The van der Waals surface area contributed by atoms with E-state index in [9.17, 15) is 4.21 Å². The minimum atomic E-state index is -1.46. The summed E-state index contributed by atoms with van der Waals surface area (Å²) in [6.07, 6.45) is 4.41. The van der Waals surface area contributed by atoms with E-state index in [1.807, 2.05) is 48.7 Å². The van der Waals surface area contributed by atoms with Crippen LogP contribution in [0.3, 0.4) is 0 Å². The molecule has 0 aliphatic heterocycles. The van der Waals surface area contributed by atoms with Crippen LogP contribution in [-0.2, 0) is 17.4 Å². The predicted octanol–water partition coefficient (Wildman–Crippen LogP) is 6.63. The minimum Gasteiger partial charge on any atom is -0.454 e. The van der Waals surface area contributed by atoms with Crippen molar-refractivity contribution in [3.63, 3.8) is 0 Å². The molecule has 0 aliphatic carbocycles. The van der Waals surface area contributed by atoms with Crippen LogP contribution in [0.1, 0.15) is 23.6 Å². The number of nitrogens with one attached hydrogen (secondary N) is 1. The van der Waals surface area contributed by atoms with Crippen molar-refractivity contribution in [1.29, 1.82) is 0 Å². The summed E-state index contributed by atoms with van der Waals surface area (Å²) in [4.78, 5) is 0.558. The van der Waals surface area contributed by atoms with Gasteiger partial charge in [0.1, 0.15) is 5.75 Å². The molecule has 1 N–H and O–H groups in total. The highest BCUT2D eigenvalue weighted by Gasteiger charge is 2.10. The molecule has 4 rings (SSSR count). The lowest BCUT2D eigenvalue weighted by Gasteiger charge is -2.10. The first-order valence-corrected chi connectivity index (χ1v) is 11.8. The molecule has 32 heavy (non-hydrogen) atoms. The molecule has 1 unspecified atom stereocenters. The molecule has 0 radical (unpaired) electrons. The molecule has 3 aromatic carbocycles. The summed E-state index contributed by atoms with van der Waals surface area (Å²) >= 11 is 6.29. The number of anilines is 1. The van der Waals surface area contributed by atoms with Crippen LogP contribution >= 0.6 is 11.6 Å². The zero-order chi connectivity index (χ0) is 22.7. The van der Waals surface area contributed by atoms with Crippen LogP contribution in [0.5, 0.6) is 11.5 Å². The number of aryl methyl sites for hydroxylation is 3. The van der Waals surface area contributed by atoms with Crippen molar-refractivity contribution in [2.75, 3.05) is 4.72 Å². The van der Waals surface area contributed by atoms with Gasteiger partial charge in [0.05, 0.1) is 28.0 Å². The highest BCUT2D eigenvalue weighted by atomic mass is 35.5. The Morgan fingerprint density at radius 3 is 2.50 bits per heavy atom. The summed E-state index contributed by atoms with van der Waals surface area (Å²) in [7, 11) is -1.46. The summed E-state index contributed by atoms with van der Waals surface area (Å²) in [5.74, 6) is 1.30. The Morgan fingerprint density at radius 1 is 1.03 bits per heavy atom. The maximum Gasteiger partial charge on any atom is 0.165 e. The molecule has 4 aromatic rings. The van der Waals surface area contributed by atoms with E-state index in [0.717, 1.165) is 23.2 Å². The topological polar surface area (TPSA) is 56.1 Å². The van der Waals surface area contributed by atoms with Gasteiger partial charge in [0, 0.05) is 5.69 Å². The number of ether oxygens (including phenoxy) is 1. The first-order valence-electron chi connectivity index (χ1n) is 10.3. The third kappa shape index (κ3) is 5.03. The summed E-state index contributed by atoms with van der Waals surface area (Å²) in [6.45, 7) is 6.18. The normalized spacial score (nSPS) is 11.9. The Hall–Kier alpha value is -3.09. The zero-order valence-electron chi connectivity index (χ0n) is 18.1. The molecule has 0 amide bonds. The van der Waals surface area contributed by atoms with E-state index in [1.54, 1.807) is 16.9 Å². The van der Waals surface area contributed by atoms with Gasteiger partial charge in [-0.2, -0.15) is 5.10 Å². The van der Waals surface area contributed by atoms with E-state index in [2.05, 4.69) is 42.7 Å². The van der Waals surface area contributed by atoms with E-state index < -0.39 is 11.0 Å². The van der Waals surface area contributed by atoms with Crippen molar-refractivity contribution in [2.24, 2.45) is 0 Å². The second-order valence-corrected chi connectivity index (χ2v) is 9.11. The Kier molecular flexibility index (Phi) is 6.63. The number of nitrogens with zero attached hydrogens (tertiary/aromatic N) is 2. The van der Waals surface area contributed by atoms with Crippen molar-refractivity contribution in [2.45, 2.75) is 32.1 Å². The third-order valence-corrected chi connectivity index (χ3v) is 6.66. The molecule has 0 fully saturated rings. The molecular weight excluding hydrogens is 442 g/mol.